The second kappa shape index (κ2) is 4.56. The molecular weight excluding hydrogens is 223 g/mol. The van der Waals surface area contributed by atoms with Crippen molar-refractivity contribution >= 4 is 21.2 Å². The molecule has 0 aromatic carbocycles. The van der Waals surface area contributed by atoms with Gasteiger partial charge in [-0.05, 0) is 0 Å². The molecule has 0 fully saturated rings. The van der Waals surface area contributed by atoms with E-state index in [-0.39, 0.29) is 21.2 Å². The molecule has 0 radical (unpaired) electrons. The molecule has 48 valence electrons. The van der Waals surface area contributed by atoms with Crippen LogP contribution in [-0.4, -0.2) is 0 Å². The quantitative estimate of drug-likeness (QED) is 0.563. The summed E-state index contributed by atoms with van der Waals surface area (Å²) in [5, 5.41) is 0. The third-order valence-corrected chi connectivity index (χ3v) is 2.66. The summed E-state index contributed by atoms with van der Waals surface area (Å²) >= 11 is 0.0342. The molecule has 1 heterocycles. The normalized spacial score (nSPS) is 17.8. The van der Waals surface area contributed by atoms with E-state index in [9.17, 15) is 0 Å². The molecule has 0 saturated carbocycles. The molecule has 0 aliphatic carbocycles. The van der Waals surface area contributed by atoms with Gasteiger partial charge in [0.05, 0.1) is 0 Å². The summed E-state index contributed by atoms with van der Waals surface area (Å²) in [6.45, 7) is 0. The summed E-state index contributed by atoms with van der Waals surface area (Å²) in [6, 6.07) is 0. The Balaban J connectivity index is 2.60. The van der Waals surface area contributed by atoms with Crippen LogP contribution in [0.1, 0.15) is 0 Å². The number of hydrogen-bond acceptors (Lipinski definition) is 0. The SMILES string of the molecule is C1=CC=C[IH]C=CC=C1. The summed E-state index contributed by atoms with van der Waals surface area (Å²) in [4.78, 5) is 0. The average Bonchev–Trinajstić information content (AvgIpc) is 2.00. The summed E-state index contributed by atoms with van der Waals surface area (Å²) in [7, 11) is 0. The second-order valence-electron chi connectivity index (χ2n) is 1.56. The fourth-order valence-corrected chi connectivity index (χ4v) is 1.78. The van der Waals surface area contributed by atoms with Crippen molar-refractivity contribution in [1.82, 2.24) is 0 Å². The first-order valence-corrected chi connectivity index (χ1v) is 5.50. The van der Waals surface area contributed by atoms with Crippen molar-refractivity contribution in [1.29, 1.82) is 0 Å². The van der Waals surface area contributed by atoms with Crippen molar-refractivity contribution in [2.75, 3.05) is 0 Å². The van der Waals surface area contributed by atoms with Crippen LogP contribution in [0.5, 0.6) is 0 Å². The van der Waals surface area contributed by atoms with Crippen LogP contribution in [0.15, 0.2) is 44.6 Å². The van der Waals surface area contributed by atoms with Crippen LogP contribution in [0.4, 0.5) is 0 Å². The average molecular weight is 232 g/mol. The van der Waals surface area contributed by atoms with E-state index >= 15 is 0 Å². The zero-order chi connectivity index (χ0) is 6.36. The molecule has 0 N–H and O–H groups in total. The Bertz CT molecular complexity index is 153. The Labute approximate surface area is 65.9 Å². The van der Waals surface area contributed by atoms with Crippen molar-refractivity contribution in [2.45, 2.75) is 0 Å². The van der Waals surface area contributed by atoms with E-state index in [0.717, 1.165) is 0 Å². The van der Waals surface area contributed by atoms with E-state index in [1.807, 2.05) is 12.2 Å². The molecule has 0 unspecified atom stereocenters. The van der Waals surface area contributed by atoms with Crippen LogP contribution in [0.25, 0.3) is 0 Å². The number of allylic oxidation sites excluding steroid dienone is 6. The predicted molar refractivity (Wildman–Crippen MR) is 52.0 cm³/mol. The van der Waals surface area contributed by atoms with E-state index in [1.165, 1.54) is 0 Å². The summed E-state index contributed by atoms with van der Waals surface area (Å²) < 4.78 is 4.51. The van der Waals surface area contributed by atoms with Crippen molar-refractivity contribution in [3.8, 4) is 0 Å². The predicted octanol–water partition coefficient (Wildman–Crippen LogP) is 2.84. The van der Waals surface area contributed by atoms with Crippen LogP contribution in [0, 0.1) is 0 Å². The molecule has 1 aliphatic heterocycles. The van der Waals surface area contributed by atoms with Gasteiger partial charge in [-0.25, -0.2) is 0 Å². The molecular formula is C8H9I. The Morgan fingerprint density at radius 2 is 1.00 bits per heavy atom. The van der Waals surface area contributed by atoms with Crippen molar-refractivity contribution in [3.05, 3.63) is 44.6 Å². The fourth-order valence-electron chi connectivity index (χ4n) is 0.483. The summed E-state index contributed by atoms with van der Waals surface area (Å²) in [5.74, 6) is 0. The van der Waals surface area contributed by atoms with Gasteiger partial charge in [0.25, 0.3) is 0 Å². The van der Waals surface area contributed by atoms with Crippen LogP contribution >= 0.6 is 21.2 Å². The molecule has 0 atom stereocenters. The first-order valence-electron chi connectivity index (χ1n) is 2.80. The van der Waals surface area contributed by atoms with Crippen molar-refractivity contribution in [2.24, 2.45) is 0 Å². The van der Waals surface area contributed by atoms with E-state index in [4.69, 9.17) is 0 Å². The Hall–Kier alpha value is -0.310. The topological polar surface area (TPSA) is 0 Å². The van der Waals surface area contributed by atoms with Crippen LogP contribution in [0.3, 0.4) is 0 Å². The van der Waals surface area contributed by atoms with Gasteiger partial charge in [0, 0.05) is 0 Å². The van der Waals surface area contributed by atoms with Gasteiger partial charge in [-0.2, -0.15) is 0 Å². The summed E-state index contributed by atoms with van der Waals surface area (Å²) in [5.41, 5.74) is 0. The summed E-state index contributed by atoms with van der Waals surface area (Å²) in [6.07, 6.45) is 12.4. The first kappa shape index (κ1) is 6.81. The van der Waals surface area contributed by atoms with Gasteiger partial charge >= 0.3 is 65.8 Å². The van der Waals surface area contributed by atoms with Crippen molar-refractivity contribution in [3.63, 3.8) is 0 Å². The Morgan fingerprint density at radius 3 is 1.56 bits per heavy atom. The van der Waals surface area contributed by atoms with Gasteiger partial charge in [-0.3, -0.25) is 0 Å². The van der Waals surface area contributed by atoms with E-state index in [0.29, 0.717) is 0 Å². The third-order valence-electron chi connectivity index (χ3n) is 0.870. The van der Waals surface area contributed by atoms with Crippen molar-refractivity contribution < 1.29 is 0 Å². The maximum atomic E-state index is 2.26. The minimum atomic E-state index is 0.0342. The standard InChI is InChI=1S/C8H9I/c1-2-4-6-8-9-7-5-3-1/h1-9H. The third kappa shape index (κ3) is 3.30. The van der Waals surface area contributed by atoms with Gasteiger partial charge in [-0.1, -0.05) is 0 Å². The molecule has 0 bridgehead atoms. The van der Waals surface area contributed by atoms with Gasteiger partial charge in [0.1, 0.15) is 0 Å². The maximum absolute atomic E-state index is 2.26. The molecule has 0 amide bonds. The number of hydrogen-bond donors (Lipinski definition) is 0. The van der Waals surface area contributed by atoms with Gasteiger partial charge in [0.15, 0.2) is 0 Å². The number of rotatable bonds is 0. The molecule has 1 aliphatic rings. The van der Waals surface area contributed by atoms with Crippen LogP contribution in [0.2, 0.25) is 0 Å². The molecule has 0 aromatic heterocycles. The fraction of sp³-hybridized carbons (Fsp3) is 0. The molecule has 0 saturated heterocycles. The minimum absolute atomic E-state index is 0.0342. The van der Waals surface area contributed by atoms with Gasteiger partial charge in [0.2, 0.25) is 0 Å². The molecule has 9 heavy (non-hydrogen) atoms. The monoisotopic (exact) mass is 232 g/mol. The Kier molecular flexibility index (Phi) is 3.45. The van der Waals surface area contributed by atoms with Gasteiger partial charge in [-0.15, -0.1) is 0 Å². The van der Waals surface area contributed by atoms with E-state index < -0.39 is 0 Å². The molecule has 0 spiro atoms. The van der Waals surface area contributed by atoms with Crippen LogP contribution < -0.4 is 0 Å². The zero-order valence-corrected chi connectivity index (χ0v) is 7.36. The van der Waals surface area contributed by atoms with Crippen LogP contribution in [-0.2, 0) is 0 Å². The first-order chi connectivity index (χ1) is 4.50. The molecule has 0 aromatic rings. The molecule has 1 rings (SSSR count). The molecule has 0 nitrogen and oxygen atoms in total. The molecule has 1 heteroatoms. The van der Waals surface area contributed by atoms with E-state index in [2.05, 4.69) is 32.5 Å². The van der Waals surface area contributed by atoms with E-state index in [1.54, 1.807) is 0 Å². The zero-order valence-electron chi connectivity index (χ0n) is 5.03. The Morgan fingerprint density at radius 1 is 0.556 bits per heavy atom. The van der Waals surface area contributed by atoms with Gasteiger partial charge < -0.3 is 0 Å². The second-order valence-corrected chi connectivity index (χ2v) is 3.89. The number of halogens is 1.